The lowest BCUT2D eigenvalue weighted by Gasteiger charge is -2.24. The van der Waals surface area contributed by atoms with Crippen LogP contribution in [-0.4, -0.2) is 50.1 Å². The molecule has 1 saturated heterocycles. The first-order valence-corrected chi connectivity index (χ1v) is 9.35. The molecule has 2 aliphatic rings. The molecule has 0 aliphatic carbocycles. The maximum absolute atomic E-state index is 13.3. The molecule has 140 valence electrons. The van der Waals surface area contributed by atoms with Gasteiger partial charge in [-0.05, 0) is 36.9 Å². The van der Waals surface area contributed by atoms with Gasteiger partial charge in [-0.15, -0.1) is 0 Å². The van der Waals surface area contributed by atoms with E-state index in [1.807, 2.05) is 23.1 Å². The van der Waals surface area contributed by atoms with Crippen LogP contribution in [0.3, 0.4) is 0 Å². The zero-order valence-electron chi connectivity index (χ0n) is 15.1. The Morgan fingerprint density at radius 1 is 1.07 bits per heavy atom. The number of hydrogen-bond donors (Lipinski definition) is 1. The molecule has 0 atom stereocenters. The molecular formula is C20H21ClN4O2. The lowest BCUT2D eigenvalue weighted by atomic mass is 10.1. The van der Waals surface area contributed by atoms with E-state index >= 15 is 0 Å². The second-order valence-corrected chi connectivity index (χ2v) is 7.28. The summed E-state index contributed by atoms with van der Waals surface area (Å²) in [6.45, 7) is 3.30. The van der Waals surface area contributed by atoms with Crippen molar-refractivity contribution in [1.29, 1.82) is 0 Å². The number of urea groups is 1. The van der Waals surface area contributed by atoms with Gasteiger partial charge in [0.1, 0.15) is 0 Å². The number of benzene rings is 2. The highest BCUT2D eigenvalue weighted by Crippen LogP contribution is 2.31. The molecule has 4 rings (SSSR count). The van der Waals surface area contributed by atoms with E-state index in [-0.39, 0.29) is 11.9 Å². The van der Waals surface area contributed by atoms with Crippen molar-refractivity contribution in [2.24, 2.45) is 0 Å². The fourth-order valence-corrected chi connectivity index (χ4v) is 3.81. The van der Waals surface area contributed by atoms with Crippen molar-refractivity contribution < 1.29 is 9.59 Å². The number of nitrogens with zero attached hydrogens (tertiary/aromatic N) is 3. The summed E-state index contributed by atoms with van der Waals surface area (Å²) in [5.41, 5.74) is 3.15. The number of carbonyl (C=O) groups excluding carboxylic acids is 2. The van der Waals surface area contributed by atoms with Gasteiger partial charge in [-0.2, -0.15) is 0 Å². The zero-order valence-corrected chi connectivity index (χ0v) is 15.9. The molecule has 1 fully saturated rings. The average molecular weight is 385 g/mol. The third kappa shape index (κ3) is 3.38. The molecule has 0 spiro atoms. The first-order chi connectivity index (χ1) is 13.0. The Bertz CT molecular complexity index is 901. The van der Waals surface area contributed by atoms with Crippen molar-refractivity contribution >= 4 is 34.9 Å². The smallest absolute Gasteiger partial charge is 0.322 e. The molecule has 0 saturated carbocycles. The first kappa shape index (κ1) is 17.8. The van der Waals surface area contributed by atoms with Gasteiger partial charge in [-0.25, -0.2) is 4.79 Å². The number of fused-ring (bicyclic) bond motifs is 1. The van der Waals surface area contributed by atoms with Gasteiger partial charge >= 0.3 is 6.03 Å². The van der Waals surface area contributed by atoms with Gasteiger partial charge in [0.2, 0.25) is 0 Å². The molecule has 1 N–H and O–H groups in total. The van der Waals surface area contributed by atoms with Crippen LogP contribution in [0.1, 0.15) is 15.9 Å². The molecule has 2 aromatic rings. The fourth-order valence-electron chi connectivity index (χ4n) is 3.59. The maximum atomic E-state index is 13.3. The summed E-state index contributed by atoms with van der Waals surface area (Å²) < 4.78 is 0. The number of hydrogen-bond acceptors (Lipinski definition) is 3. The van der Waals surface area contributed by atoms with E-state index in [0.29, 0.717) is 35.9 Å². The Balaban J connectivity index is 1.70. The normalized spacial score (nSPS) is 17.5. The number of halogens is 1. The number of anilines is 2. The van der Waals surface area contributed by atoms with Crippen molar-refractivity contribution in [3.05, 3.63) is 58.6 Å². The average Bonchev–Trinajstić information content (AvgIpc) is 3.01. The summed E-state index contributed by atoms with van der Waals surface area (Å²) in [7, 11) is 2.05. The SMILES string of the molecule is CN1CCN(C(=O)c2ccc(Cl)c(N3CCNC3=O)c2)c2ccccc2C1. The molecule has 0 aromatic heterocycles. The molecule has 2 aliphatic heterocycles. The number of likely N-dealkylation sites (N-methyl/N-ethyl adjacent to an activating group) is 1. The third-order valence-corrected chi connectivity index (χ3v) is 5.33. The lowest BCUT2D eigenvalue weighted by molar-refractivity contribution is 0.0986. The Morgan fingerprint density at radius 3 is 2.67 bits per heavy atom. The van der Waals surface area contributed by atoms with E-state index in [1.165, 1.54) is 0 Å². The third-order valence-electron chi connectivity index (χ3n) is 5.01. The minimum absolute atomic E-state index is 0.0877. The Labute approximate surface area is 163 Å². The zero-order chi connectivity index (χ0) is 19.0. The van der Waals surface area contributed by atoms with Crippen molar-refractivity contribution in [3.63, 3.8) is 0 Å². The van der Waals surface area contributed by atoms with Crippen LogP contribution < -0.4 is 15.1 Å². The molecule has 2 aromatic carbocycles. The van der Waals surface area contributed by atoms with Crippen LogP contribution in [-0.2, 0) is 6.54 Å². The van der Waals surface area contributed by atoms with Crippen LogP contribution >= 0.6 is 11.6 Å². The van der Waals surface area contributed by atoms with Crippen LogP contribution in [0.4, 0.5) is 16.2 Å². The van der Waals surface area contributed by atoms with Crippen molar-refractivity contribution in [2.45, 2.75) is 6.54 Å². The van der Waals surface area contributed by atoms with Gasteiger partial charge in [0.25, 0.3) is 5.91 Å². The second-order valence-electron chi connectivity index (χ2n) is 6.87. The molecule has 0 unspecified atom stereocenters. The second kappa shape index (κ2) is 7.21. The molecular weight excluding hydrogens is 364 g/mol. The van der Waals surface area contributed by atoms with E-state index < -0.39 is 0 Å². The standard InChI is InChI=1S/C20H21ClN4O2/c1-23-10-11-24(17-5-3-2-4-15(17)13-23)19(26)14-6-7-16(21)18(12-14)25-9-8-22-20(25)27/h2-7,12H,8-11,13H2,1H3,(H,22,27). The summed E-state index contributed by atoms with van der Waals surface area (Å²) >= 11 is 6.31. The number of nitrogens with one attached hydrogen (secondary N) is 1. The maximum Gasteiger partial charge on any atom is 0.322 e. The van der Waals surface area contributed by atoms with Crippen molar-refractivity contribution in [2.75, 3.05) is 43.0 Å². The quantitative estimate of drug-likeness (QED) is 0.866. The summed E-state index contributed by atoms with van der Waals surface area (Å²) in [4.78, 5) is 30.9. The van der Waals surface area contributed by atoms with Crippen LogP contribution in [0.2, 0.25) is 5.02 Å². The highest BCUT2D eigenvalue weighted by Gasteiger charge is 2.27. The predicted octanol–water partition coefficient (Wildman–Crippen LogP) is 2.96. The molecule has 27 heavy (non-hydrogen) atoms. The Hall–Kier alpha value is -2.57. The van der Waals surface area contributed by atoms with E-state index in [0.717, 1.165) is 24.3 Å². The van der Waals surface area contributed by atoms with Crippen LogP contribution in [0.25, 0.3) is 0 Å². The summed E-state index contributed by atoms with van der Waals surface area (Å²) in [6, 6.07) is 12.9. The van der Waals surface area contributed by atoms with Crippen LogP contribution in [0, 0.1) is 0 Å². The fraction of sp³-hybridized carbons (Fsp3) is 0.300. The van der Waals surface area contributed by atoms with E-state index in [1.54, 1.807) is 23.1 Å². The topological polar surface area (TPSA) is 55.9 Å². The molecule has 7 heteroatoms. The highest BCUT2D eigenvalue weighted by molar-refractivity contribution is 6.34. The minimum atomic E-state index is -0.191. The van der Waals surface area contributed by atoms with Gasteiger partial charge in [0.05, 0.1) is 10.7 Å². The lowest BCUT2D eigenvalue weighted by Crippen LogP contribution is -2.35. The molecule has 6 nitrogen and oxygen atoms in total. The molecule has 0 bridgehead atoms. The summed E-state index contributed by atoms with van der Waals surface area (Å²) in [6.07, 6.45) is 0. The molecule has 3 amide bonds. The highest BCUT2D eigenvalue weighted by atomic mass is 35.5. The van der Waals surface area contributed by atoms with Gasteiger partial charge in [-0.3, -0.25) is 9.69 Å². The number of carbonyl (C=O) groups is 2. The number of para-hydroxylation sites is 1. The van der Waals surface area contributed by atoms with Gasteiger partial charge in [0, 0.05) is 44.0 Å². The van der Waals surface area contributed by atoms with Crippen molar-refractivity contribution in [1.82, 2.24) is 10.2 Å². The first-order valence-electron chi connectivity index (χ1n) is 8.98. The minimum Gasteiger partial charge on any atom is -0.336 e. The van der Waals surface area contributed by atoms with E-state index in [2.05, 4.69) is 23.3 Å². The number of amides is 3. The Kier molecular flexibility index (Phi) is 4.76. The van der Waals surface area contributed by atoms with Gasteiger partial charge in [0.15, 0.2) is 0 Å². The van der Waals surface area contributed by atoms with Crippen molar-refractivity contribution in [3.8, 4) is 0 Å². The largest absolute Gasteiger partial charge is 0.336 e. The summed E-state index contributed by atoms with van der Waals surface area (Å²) in [5.74, 6) is -0.0877. The van der Waals surface area contributed by atoms with Gasteiger partial charge in [-0.1, -0.05) is 29.8 Å². The van der Waals surface area contributed by atoms with E-state index in [9.17, 15) is 9.59 Å². The predicted molar refractivity (Wildman–Crippen MR) is 107 cm³/mol. The van der Waals surface area contributed by atoms with Crippen LogP contribution in [0.5, 0.6) is 0 Å². The molecule has 0 radical (unpaired) electrons. The monoisotopic (exact) mass is 384 g/mol. The van der Waals surface area contributed by atoms with E-state index in [4.69, 9.17) is 11.6 Å². The molecule has 2 heterocycles. The Morgan fingerprint density at radius 2 is 1.89 bits per heavy atom. The van der Waals surface area contributed by atoms with Crippen LogP contribution in [0.15, 0.2) is 42.5 Å². The van der Waals surface area contributed by atoms with Gasteiger partial charge < -0.3 is 15.1 Å². The summed E-state index contributed by atoms with van der Waals surface area (Å²) in [5, 5.41) is 3.22. The number of rotatable bonds is 2.